The molecule has 0 aliphatic rings. The molecule has 2 N–H and O–H groups in total. The fraction of sp³-hybridized carbons (Fsp3) is 0.174. The molecule has 0 spiro atoms. The summed E-state index contributed by atoms with van der Waals surface area (Å²) in [6.07, 6.45) is 0. The zero-order valence-electron chi connectivity index (χ0n) is 17.3. The Kier molecular flexibility index (Phi) is 8.48. The minimum atomic E-state index is -3.96. The number of aryl methyl sites for hydroxylation is 1. The van der Waals surface area contributed by atoms with Crippen molar-refractivity contribution in [2.24, 2.45) is 0 Å². The maximum Gasteiger partial charge on any atom is 0.263 e. The van der Waals surface area contributed by atoms with E-state index < -0.39 is 10.0 Å². The Balaban J connectivity index is 1.61. The normalized spacial score (nSPS) is 11.2. The average Bonchev–Trinajstić information content (AvgIpc) is 2.76. The van der Waals surface area contributed by atoms with Gasteiger partial charge in [0.1, 0.15) is 4.90 Å². The fourth-order valence-corrected chi connectivity index (χ4v) is 5.68. The second kappa shape index (κ2) is 11.1. The third-order valence-electron chi connectivity index (χ3n) is 4.62. The lowest BCUT2D eigenvalue weighted by Gasteiger charge is -2.13. The lowest BCUT2D eigenvalue weighted by atomic mass is 10.2. The number of thioether (sulfide) groups is 1. The van der Waals surface area contributed by atoms with E-state index in [1.165, 1.54) is 18.2 Å². The lowest BCUT2D eigenvalue weighted by Crippen LogP contribution is -2.26. The van der Waals surface area contributed by atoms with Crippen molar-refractivity contribution >= 4 is 56.6 Å². The van der Waals surface area contributed by atoms with Crippen LogP contribution in [0.1, 0.15) is 21.5 Å². The van der Waals surface area contributed by atoms with Gasteiger partial charge in [0.2, 0.25) is 0 Å². The number of carbonyl (C=O) groups is 1. The number of rotatable bonds is 9. The van der Waals surface area contributed by atoms with Gasteiger partial charge in [0, 0.05) is 28.6 Å². The van der Waals surface area contributed by atoms with E-state index in [4.69, 9.17) is 23.2 Å². The van der Waals surface area contributed by atoms with Gasteiger partial charge in [0.25, 0.3) is 15.9 Å². The third-order valence-corrected chi connectivity index (χ3v) is 7.84. The van der Waals surface area contributed by atoms with Crippen LogP contribution in [-0.4, -0.2) is 26.6 Å². The zero-order chi connectivity index (χ0) is 23.1. The molecule has 0 radical (unpaired) electrons. The SMILES string of the molecule is Cc1ccccc1NS(=O)(=O)c1cc(C(=O)NCCSCc2ccccc2Cl)ccc1Cl. The number of sulfonamides is 1. The Morgan fingerprint density at radius 1 is 0.969 bits per heavy atom. The van der Waals surface area contributed by atoms with E-state index in [2.05, 4.69) is 10.0 Å². The van der Waals surface area contributed by atoms with Crippen LogP contribution in [0.15, 0.2) is 71.6 Å². The first-order chi connectivity index (χ1) is 15.3. The van der Waals surface area contributed by atoms with E-state index in [0.717, 1.165) is 21.9 Å². The van der Waals surface area contributed by atoms with Crippen LogP contribution >= 0.6 is 35.0 Å². The first-order valence-corrected chi connectivity index (χ1v) is 13.1. The van der Waals surface area contributed by atoms with Crippen LogP contribution in [0.4, 0.5) is 5.69 Å². The maximum absolute atomic E-state index is 12.9. The highest BCUT2D eigenvalue weighted by molar-refractivity contribution is 7.98. The molecule has 3 aromatic rings. The van der Waals surface area contributed by atoms with Gasteiger partial charge in [-0.3, -0.25) is 9.52 Å². The molecule has 0 fully saturated rings. The summed E-state index contributed by atoms with van der Waals surface area (Å²) in [4.78, 5) is 12.4. The molecule has 0 saturated heterocycles. The number of nitrogens with one attached hydrogen (secondary N) is 2. The number of amides is 1. The largest absolute Gasteiger partial charge is 0.351 e. The van der Waals surface area contributed by atoms with Crippen molar-refractivity contribution in [1.29, 1.82) is 0 Å². The molecule has 0 aromatic heterocycles. The standard InChI is InChI=1S/C23H22Cl2N2O3S2/c1-16-6-2-5-9-21(16)27-32(29,30)22-14-17(10-11-20(22)25)23(28)26-12-13-31-15-18-7-3-4-8-19(18)24/h2-11,14,27H,12-13,15H2,1H3,(H,26,28). The molecule has 0 bridgehead atoms. The molecule has 1 amide bonds. The van der Waals surface area contributed by atoms with Crippen molar-refractivity contribution in [3.05, 3.63) is 93.5 Å². The van der Waals surface area contributed by atoms with Gasteiger partial charge in [-0.25, -0.2) is 8.42 Å². The molecule has 3 rings (SSSR count). The highest BCUT2D eigenvalue weighted by Crippen LogP contribution is 2.26. The topological polar surface area (TPSA) is 75.3 Å². The molecule has 0 atom stereocenters. The van der Waals surface area contributed by atoms with Gasteiger partial charge in [-0.15, -0.1) is 0 Å². The summed E-state index contributed by atoms with van der Waals surface area (Å²) in [5, 5.41) is 3.57. The first-order valence-electron chi connectivity index (χ1n) is 9.75. The van der Waals surface area contributed by atoms with E-state index >= 15 is 0 Å². The Morgan fingerprint density at radius 2 is 1.69 bits per heavy atom. The predicted octanol–water partition coefficient (Wildman–Crippen LogP) is 5.77. The van der Waals surface area contributed by atoms with Crippen LogP contribution in [0.25, 0.3) is 0 Å². The molecule has 168 valence electrons. The molecule has 0 heterocycles. The van der Waals surface area contributed by atoms with E-state index in [9.17, 15) is 13.2 Å². The number of benzene rings is 3. The lowest BCUT2D eigenvalue weighted by molar-refractivity contribution is 0.0956. The van der Waals surface area contributed by atoms with Crippen molar-refractivity contribution in [3.8, 4) is 0 Å². The van der Waals surface area contributed by atoms with Crippen LogP contribution in [0.2, 0.25) is 10.0 Å². The van der Waals surface area contributed by atoms with Gasteiger partial charge in [-0.2, -0.15) is 11.8 Å². The third kappa shape index (κ3) is 6.42. The van der Waals surface area contributed by atoms with Gasteiger partial charge < -0.3 is 5.32 Å². The van der Waals surface area contributed by atoms with E-state index in [1.54, 1.807) is 36.9 Å². The second-order valence-corrected chi connectivity index (χ2v) is 10.5. The molecule has 0 saturated carbocycles. The second-order valence-electron chi connectivity index (χ2n) is 6.97. The molecule has 32 heavy (non-hydrogen) atoms. The Bertz CT molecular complexity index is 1220. The van der Waals surface area contributed by atoms with E-state index in [-0.39, 0.29) is 21.4 Å². The molecule has 0 unspecified atom stereocenters. The highest BCUT2D eigenvalue weighted by atomic mass is 35.5. The van der Waals surface area contributed by atoms with Crippen LogP contribution in [0.5, 0.6) is 0 Å². The van der Waals surface area contributed by atoms with Crippen molar-refractivity contribution in [2.45, 2.75) is 17.6 Å². The molecule has 0 aliphatic carbocycles. The van der Waals surface area contributed by atoms with Crippen LogP contribution in [-0.2, 0) is 15.8 Å². The van der Waals surface area contributed by atoms with Crippen LogP contribution < -0.4 is 10.0 Å². The Labute approximate surface area is 202 Å². The van der Waals surface area contributed by atoms with Gasteiger partial charge in [0.05, 0.1) is 10.7 Å². The van der Waals surface area contributed by atoms with Crippen molar-refractivity contribution < 1.29 is 13.2 Å². The molecular weight excluding hydrogens is 487 g/mol. The van der Waals surface area contributed by atoms with Gasteiger partial charge in [0.15, 0.2) is 0 Å². The fourth-order valence-electron chi connectivity index (χ4n) is 2.87. The van der Waals surface area contributed by atoms with Crippen molar-refractivity contribution in [3.63, 3.8) is 0 Å². The summed E-state index contributed by atoms with van der Waals surface area (Å²) in [5.41, 5.74) is 2.49. The quantitative estimate of drug-likeness (QED) is 0.360. The van der Waals surface area contributed by atoms with Crippen LogP contribution in [0, 0.1) is 6.92 Å². The minimum Gasteiger partial charge on any atom is -0.351 e. The number of para-hydroxylation sites is 1. The molecule has 9 heteroatoms. The number of hydrogen-bond acceptors (Lipinski definition) is 4. The van der Waals surface area contributed by atoms with E-state index in [0.29, 0.717) is 18.0 Å². The summed E-state index contributed by atoms with van der Waals surface area (Å²) < 4.78 is 28.3. The number of anilines is 1. The Hall–Kier alpha value is -2.19. The van der Waals surface area contributed by atoms with Crippen LogP contribution in [0.3, 0.4) is 0 Å². The number of halogens is 2. The van der Waals surface area contributed by atoms with Gasteiger partial charge in [-0.1, -0.05) is 59.6 Å². The Morgan fingerprint density at radius 3 is 2.44 bits per heavy atom. The maximum atomic E-state index is 12.9. The minimum absolute atomic E-state index is 0.0397. The summed E-state index contributed by atoms with van der Waals surface area (Å²) in [6.45, 7) is 2.23. The van der Waals surface area contributed by atoms with E-state index in [1.807, 2.05) is 30.3 Å². The predicted molar refractivity (Wildman–Crippen MR) is 133 cm³/mol. The smallest absolute Gasteiger partial charge is 0.263 e. The summed E-state index contributed by atoms with van der Waals surface area (Å²) in [5.74, 6) is 1.06. The number of carbonyl (C=O) groups excluding carboxylic acids is 1. The summed E-state index contributed by atoms with van der Waals surface area (Å²) in [7, 11) is -3.96. The summed E-state index contributed by atoms with van der Waals surface area (Å²) in [6, 6.07) is 18.8. The highest BCUT2D eigenvalue weighted by Gasteiger charge is 2.21. The monoisotopic (exact) mass is 508 g/mol. The first kappa shape index (κ1) is 24.5. The molecule has 5 nitrogen and oxygen atoms in total. The van der Waals surface area contributed by atoms with Gasteiger partial charge >= 0.3 is 0 Å². The van der Waals surface area contributed by atoms with Crippen molar-refractivity contribution in [1.82, 2.24) is 5.32 Å². The van der Waals surface area contributed by atoms with Crippen molar-refractivity contribution in [2.75, 3.05) is 17.0 Å². The molecular formula is C23H22Cl2N2O3S2. The molecule has 0 aliphatic heterocycles. The number of hydrogen-bond donors (Lipinski definition) is 2. The molecule has 3 aromatic carbocycles. The average molecular weight is 509 g/mol. The van der Waals surface area contributed by atoms with Gasteiger partial charge in [-0.05, 0) is 48.4 Å². The summed E-state index contributed by atoms with van der Waals surface area (Å²) >= 11 is 13.9. The zero-order valence-corrected chi connectivity index (χ0v) is 20.4.